The molecular weight excluding hydrogens is 556 g/mol. The number of sulfonamides is 1. The van der Waals surface area contributed by atoms with Crippen molar-refractivity contribution >= 4 is 40.1 Å². The van der Waals surface area contributed by atoms with Crippen LogP contribution >= 0.6 is 24.2 Å². The Labute approximate surface area is 241 Å². The number of thioether (sulfide) groups is 1. The summed E-state index contributed by atoms with van der Waals surface area (Å²) in [5.74, 6) is -0.979. The first kappa shape index (κ1) is 32.8. The van der Waals surface area contributed by atoms with Crippen molar-refractivity contribution in [2.24, 2.45) is 0 Å². The third-order valence-corrected chi connectivity index (χ3v) is 8.19. The minimum atomic E-state index is -3.82. The van der Waals surface area contributed by atoms with Crippen molar-refractivity contribution in [3.63, 3.8) is 0 Å². The van der Waals surface area contributed by atoms with Gasteiger partial charge in [-0.1, -0.05) is 74.5 Å². The fourth-order valence-corrected chi connectivity index (χ4v) is 5.87. The SMILES string of the molecule is CC(C)Sc1cc(-c2ccc(CCNC[C@@H](O)c3ccccc3)cc2)ccc1C(=O)NS(=O)(=O)CCCO.Cl. The highest BCUT2D eigenvalue weighted by atomic mass is 35.5. The molecule has 0 aliphatic heterocycles. The van der Waals surface area contributed by atoms with Crippen molar-refractivity contribution in [3.05, 3.63) is 89.5 Å². The Kier molecular flexibility index (Phi) is 13.5. The Morgan fingerprint density at radius 2 is 1.64 bits per heavy atom. The highest BCUT2D eigenvalue weighted by Gasteiger charge is 2.20. The van der Waals surface area contributed by atoms with E-state index in [9.17, 15) is 18.3 Å². The van der Waals surface area contributed by atoms with Crippen LogP contribution in [0.15, 0.2) is 77.7 Å². The summed E-state index contributed by atoms with van der Waals surface area (Å²) in [7, 11) is -3.82. The van der Waals surface area contributed by atoms with Crippen LogP contribution in [0.5, 0.6) is 0 Å². The predicted octanol–water partition coefficient (Wildman–Crippen LogP) is 4.58. The Morgan fingerprint density at radius 3 is 2.28 bits per heavy atom. The maximum Gasteiger partial charge on any atom is 0.265 e. The molecular formula is C29H37ClN2O5S2. The summed E-state index contributed by atoms with van der Waals surface area (Å²) >= 11 is 1.50. The number of nitrogens with one attached hydrogen (secondary N) is 2. The molecule has 0 bridgehead atoms. The van der Waals surface area contributed by atoms with Crippen LogP contribution in [-0.2, 0) is 16.4 Å². The van der Waals surface area contributed by atoms with E-state index in [1.165, 1.54) is 11.8 Å². The van der Waals surface area contributed by atoms with Gasteiger partial charge >= 0.3 is 0 Å². The molecule has 0 spiro atoms. The lowest BCUT2D eigenvalue weighted by Gasteiger charge is -2.14. The number of carbonyl (C=O) groups excluding carboxylic acids is 1. The lowest BCUT2D eigenvalue weighted by atomic mass is 10.0. The minimum Gasteiger partial charge on any atom is -0.396 e. The van der Waals surface area contributed by atoms with E-state index in [-0.39, 0.29) is 36.4 Å². The van der Waals surface area contributed by atoms with Gasteiger partial charge < -0.3 is 15.5 Å². The summed E-state index contributed by atoms with van der Waals surface area (Å²) in [4.78, 5) is 13.5. The summed E-state index contributed by atoms with van der Waals surface area (Å²) < 4.78 is 26.4. The van der Waals surface area contributed by atoms with Crippen LogP contribution in [0.25, 0.3) is 11.1 Å². The summed E-state index contributed by atoms with van der Waals surface area (Å²) in [6, 6.07) is 23.2. The molecule has 0 unspecified atom stereocenters. The molecule has 3 rings (SSSR count). The number of aliphatic hydroxyl groups is 2. The van der Waals surface area contributed by atoms with Gasteiger partial charge in [-0.2, -0.15) is 0 Å². The van der Waals surface area contributed by atoms with Gasteiger partial charge in [-0.05, 0) is 53.8 Å². The molecule has 212 valence electrons. The maximum atomic E-state index is 12.8. The van der Waals surface area contributed by atoms with E-state index < -0.39 is 22.0 Å². The zero-order valence-electron chi connectivity index (χ0n) is 22.2. The molecule has 0 heterocycles. The second-order valence-corrected chi connectivity index (χ2v) is 12.7. The first-order chi connectivity index (χ1) is 18.2. The maximum absolute atomic E-state index is 12.8. The van der Waals surface area contributed by atoms with Crippen LogP contribution in [0.3, 0.4) is 0 Å². The van der Waals surface area contributed by atoms with E-state index in [1.54, 1.807) is 6.07 Å². The number of aliphatic hydroxyl groups excluding tert-OH is 2. The summed E-state index contributed by atoms with van der Waals surface area (Å²) in [6.07, 6.45) is 0.346. The standard InChI is InChI=1S/C29H36N2O5S2.ClH/c1-21(2)37-28-19-25(13-14-26(28)29(34)31-38(35,36)18-6-17-32)23-11-9-22(10-12-23)15-16-30-20-27(33)24-7-4-3-5-8-24;/h3-5,7-14,19,21,27,30,32-33H,6,15-18,20H2,1-2H3,(H,31,34);1H/t27-;/m1./s1. The number of hydrogen-bond acceptors (Lipinski definition) is 7. The Bertz CT molecular complexity index is 1290. The van der Waals surface area contributed by atoms with Crippen LogP contribution in [0.2, 0.25) is 0 Å². The van der Waals surface area contributed by atoms with Gasteiger partial charge in [0.25, 0.3) is 5.91 Å². The van der Waals surface area contributed by atoms with Gasteiger partial charge in [0, 0.05) is 23.3 Å². The van der Waals surface area contributed by atoms with Crippen molar-refractivity contribution in [1.29, 1.82) is 0 Å². The van der Waals surface area contributed by atoms with Crippen LogP contribution in [-0.4, -0.2) is 55.2 Å². The predicted molar refractivity (Wildman–Crippen MR) is 161 cm³/mol. The van der Waals surface area contributed by atoms with Gasteiger partial charge in [0.2, 0.25) is 10.0 Å². The summed E-state index contributed by atoms with van der Waals surface area (Å²) in [5.41, 5.74) is 4.29. The van der Waals surface area contributed by atoms with E-state index in [2.05, 4.69) is 22.2 Å². The summed E-state index contributed by atoms with van der Waals surface area (Å²) in [6.45, 7) is 4.99. The van der Waals surface area contributed by atoms with Crippen molar-refractivity contribution < 1.29 is 23.4 Å². The molecule has 0 aromatic heterocycles. The van der Waals surface area contributed by atoms with Gasteiger partial charge in [-0.15, -0.1) is 24.2 Å². The first-order valence-electron chi connectivity index (χ1n) is 12.7. The molecule has 3 aromatic rings. The van der Waals surface area contributed by atoms with Crippen molar-refractivity contribution in [3.8, 4) is 11.1 Å². The molecule has 0 fully saturated rings. The van der Waals surface area contributed by atoms with Gasteiger partial charge in [-0.25, -0.2) is 13.1 Å². The van der Waals surface area contributed by atoms with Crippen LogP contribution < -0.4 is 10.0 Å². The fourth-order valence-electron chi connectivity index (χ4n) is 3.87. The van der Waals surface area contributed by atoms with Crippen molar-refractivity contribution in [2.45, 2.75) is 42.9 Å². The van der Waals surface area contributed by atoms with Crippen LogP contribution in [0.4, 0.5) is 0 Å². The largest absolute Gasteiger partial charge is 0.396 e. The Morgan fingerprint density at radius 1 is 0.974 bits per heavy atom. The molecule has 4 N–H and O–H groups in total. The van der Waals surface area contributed by atoms with Gasteiger partial charge in [0.05, 0.1) is 17.4 Å². The number of rotatable bonds is 14. The van der Waals surface area contributed by atoms with Gasteiger partial charge in [0.15, 0.2) is 0 Å². The van der Waals surface area contributed by atoms with E-state index >= 15 is 0 Å². The monoisotopic (exact) mass is 592 g/mol. The van der Waals surface area contributed by atoms with E-state index in [1.807, 2.05) is 68.4 Å². The van der Waals surface area contributed by atoms with Crippen molar-refractivity contribution in [1.82, 2.24) is 10.0 Å². The second kappa shape index (κ2) is 16.0. The molecule has 0 saturated heterocycles. The van der Waals surface area contributed by atoms with E-state index in [4.69, 9.17) is 5.11 Å². The Balaban J connectivity index is 0.00000533. The normalized spacial score (nSPS) is 12.1. The molecule has 0 aliphatic rings. The second-order valence-electron chi connectivity index (χ2n) is 9.28. The van der Waals surface area contributed by atoms with Gasteiger partial charge in [-0.3, -0.25) is 4.79 Å². The molecule has 0 saturated carbocycles. The average Bonchev–Trinajstić information content (AvgIpc) is 2.90. The van der Waals surface area contributed by atoms with Gasteiger partial charge in [0.1, 0.15) is 0 Å². The highest BCUT2D eigenvalue weighted by molar-refractivity contribution is 8.00. The fraction of sp³-hybridized carbons (Fsp3) is 0.345. The number of amides is 1. The van der Waals surface area contributed by atoms with Crippen LogP contribution in [0, 0.1) is 0 Å². The van der Waals surface area contributed by atoms with Crippen LogP contribution in [0.1, 0.15) is 47.9 Å². The van der Waals surface area contributed by atoms with E-state index in [0.29, 0.717) is 17.0 Å². The number of benzene rings is 3. The molecule has 3 aromatic carbocycles. The molecule has 39 heavy (non-hydrogen) atoms. The highest BCUT2D eigenvalue weighted by Crippen LogP contribution is 2.32. The quantitative estimate of drug-likeness (QED) is 0.160. The first-order valence-corrected chi connectivity index (χ1v) is 15.2. The smallest absolute Gasteiger partial charge is 0.265 e. The molecule has 7 nitrogen and oxygen atoms in total. The molecule has 0 aliphatic carbocycles. The number of hydrogen-bond donors (Lipinski definition) is 4. The zero-order valence-corrected chi connectivity index (χ0v) is 24.6. The minimum absolute atomic E-state index is 0. The van der Waals surface area contributed by atoms with Crippen molar-refractivity contribution in [2.75, 3.05) is 25.4 Å². The number of carbonyl (C=O) groups is 1. The summed E-state index contributed by atoms with van der Waals surface area (Å²) in [5, 5.41) is 22.7. The molecule has 1 atom stereocenters. The molecule has 0 radical (unpaired) electrons. The third kappa shape index (κ3) is 10.6. The topological polar surface area (TPSA) is 116 Å². The molecule has 10 heteroatoms. The molecule has 1 amide bonds. The lowest BCUT2D eigenvalue weighted by Crippen LogP contribution is -2.33. The van der Waals surface area contributed by atoms with E-state index in [0.717, 1.165) is 35.2 Å². The number of halogens is 1. The third-order valence-electron chi connectivity index (χ3n) is 5.81. The lowest BCUT2D eigenvalue weighted by molar-refractivity contribution is 0.0978. The Hall–Kier alpha value is -2.40. The zero-order chi connectivity index (χ0) is 27.5. The average molecular weight is 593 g/mol.